The van der Waals surface area contributed by atoms with Crippen LogP contribution in [0.4, 0.5) is 4.79 Å². The molecular weight excluding hydrogens is 294 g/mol. The van der Waals surface area contributed by atoms with Crippen LogP contribution in [0.25, 0.3) is 10.9 Å². The Hall–Kier alpha value is -2.34. The molecule has 0 aliphatic heterocycles. The first kappa shape index (κ1) is 17.0. The number of nitrogens with one attached hydrogen (secondary N) is 2. The number of rotatable bonds is 6. The average Bonchev–Trinajstić information content (AvgIpc) is 2.50. The van der Waals surface area contributed by atoms with E-state index in [0.717, 1.165) is 16.5 Å². The second-order valence-corrected chi connectivity index (χ2v) is 5.72. The summed E-state index contributed by atoms with van der Waals surface area (Å²) in [4.78, 5) is 28.7. The van der Waals surface area contributed by atoms with Crippen LogP contribution in [0.3, 0.4) is 0 Å². The number of ether oxygens (including phenoxy) is 1. The van der Waals surface area contributed by atoms with Crippen molar-refractivity contribution in [2.24, 2.45) is 0 Å². The van der Waals surface area contributed by atoms with Gasteiger partial charge in [0.25, 0.3) is 0 Å². The Balaban J connectivity index is 2.31. The third kappa shape index (κ3) is 4.56. The van der Waals surface area contributed by atoms with Crippen molar-refractivity contribution in [3.63, 3.8) is 0 Å². The molecule has 1 aromatic heterocycles. The Morgan fingerprint density at radius 2 is 2.09 bits per heavy atom. The predicted molar refractivity (Wildman–Crippen MR) is 90.5 cm³/mol. The smallest absolute Gasteiger partial charge is 0.317 e. The molecule has 6 nitrogen and oxygen atoms in total. The maximum Gasteiger partial charge on any atom is 0.317 e. The lowest BCUT2D eigenvalue weighted by molar-refractivity contribution is 0.145. The van der Waals surface area contributed by atoms with Gasteiger partial charge < -0.3 is 19.9 Å². The van der Waals surface area contributed by atoms with Crippen molar-refractivity contribution in [1.29, 1.82) is 0 Å². The molecule has 1 aromatic carbocycles. The van der Waals surface area contributed by atoms with Gasteiger partial charge in [0.1, 0.15) is 0 Å². The van der Waals surface area contributed by atoms with Gasteiger partial charge in [0, 0.05) is 43.2 Å². The average molecular weight is 317 g/mol. The van der Waals surface area contributed by atoms with E-state index in [1.807, 2.05) is 38.1 Å². The number of hydrogen-bond acceptors (Lipinski definition) is 3. The molecule has 124 valence electrons. The lowest BCUT2D eigenvalue weighted by atomic mass is 10.1. The highest BCUT2D eigenvalue weighted by atomic mass is 16.5. The molecule has 0 saturated heterocycles. The Morgan fingerprint density at radius 3 is 2.78 bits per heavy atom. The molecular formula is C17H23N3O3. The molecule has 0 aliphatic carbocycles. The molecule has 0 radical (unpaired) electrons. The third-order valence-corrected chi connectivity index (χ3v) is 3.46. The summed E-state index contributed by atoms with van der Waals surface area (Å²) >= 11 is 0. The summed E-state index contributed by atoms with van der Waals surface area (Å²) in [6, 6.07) is 9.01. The maximum atomic E-state index is 12.4. The van der Waals surface area contributed by atoms with Gasteiger partial charge in [-0.3, -0.25) is 4.79 Å². The number of H-pyrrole nitrogens is 1. The minimum atomic E-state index is -0.172. The summed E-state index contributed by atoms with van der Waals surface area (Å²) < 4.78 is 5.09. The number of carbonyl (C=O) groups is 1. The number of amides is 2. The fourth-order valence-electron chi connectivity index (χ4n) is 2.41. The number of benzene rings is 1. The third-order valence-electron chi connectivity index (χ3n) is 3.46. The van der Waals surface area contributed by atoms with E-state index in [9.17, 15) is 9.59 Å². The van der Waals surface area contributed by atoms with Gasteiger partial charge in [-0.25, -0.2) is 4.79 Å². The summed E-state index contributed by atoms with van der Waals surface area (Å²) in [6.07, 6.45) is 0. The van der Waals surface area contributed by atoms with E-state index in [-0.39, 0.29) is 17.6 Å². The van der Waals surface area contributed by atoms with Gasteiger partial charge >= 0.3 is 6.03 Å². The normalized spacial score (nSPS) is 11.0. The van der Waals surface area contributed by atoms with Crippen molar-refractivity contribution in [3.05, 3.63) is 46.2 Å². The second-order valence-electron chi connectivity index (χ2n) is 5.72. The Bertz CT molecular complexity index is 724. The van der Waals surface area contributed by atoms with E-state index in [2.05, 4.69) is 10.3 Å². The lowest BCUT2D eigenvalue weighted by Gasteiger charge is -2.24. The SMILES string of the molecule is COCCN(Cc1cc(=O)[nH]c2ccccc12)C(=O)NC(C)C. The second kappa shape index (κ2) is 7.78. The van der Waals surface area contributed by atoms with Crippen LogP contribution in [0.15, 0.2) is 35.1 Å². The van der Waals surface area contributed by atoms with Gasteiger partial charge in [0.15, 0.2) is 0 Å². The molecule has 0 fully saturated rings. The number of urea groups is 1. The molecule has 6 heteroatoms. The fraction of sp³-hybridized carbons (Fsp3) is 0.412. The number of methoxy groups -OCH3 is 1. The van der Waals surface area contributed by atoms with Crippen LogP contribution in [0.2, 0.25) is 0 Å². The minimum absolute atomic E-state index is 0.0449. The maximum absolute atomic E-state index is 12.4. The van der Waals surface area contributed by atoms with E-state index in [1.54, 1.807) is 18.1 Å². The molecule has 0 spiro atoms. The van der Waals surface area contributed by atoms with Crippen molar-refractivity contribution in [2.75, 3.05) is 20.3 Å². The molecule has 23 heavy (non-hydrogen) atoms. The fourth-order valence-corrected chi connectivity index (χ4v) is 2.41. The van der Waals surface area contributed by atoms with Gasteiger partial charge in [-0.05, 0) is 25.5 Å². The minimum Gasteiger partial charge on any atom is -0.383 e. The van der Waals surface area contributed by atoms with Crippen molar-refractivity contribution in [3.8, 4) is 0 Å². The van der Waals surface area contributed by atoms with E-state index in [0.29, 0.717) is 19.7 Å². The van der Waals surface area contributed by atoms with E-state index >= 15 is 0 Å². The molecule has 2 amide bonds. The van der Waals surface area contributed by atoms with Crippen LogP contribution < -0.4 is 10.9 Å². The highest BCUT2D eigenvalue weighted by Gasteiger charge is 2.16. The molecule has 0 bridgehead atoms. The van der Waals surface area contributed by atoms with Crippen molar-refractivity contribution < 1.29 is 9.53 Å². The summed E-state index contributed by atoms with van der Waals surface area (Å²) in [7, 11) is 1.60. The molecule has 1 heterocycles. The number of para-hydroxylation sites is 1. The first-order valence-electron chi connectivity index (χ1n) is 7.66. The van der Waals surface area contributed by atoms with Gasteiger partial charge in [0.05, 0.1) is 6.61 Å². The number of fused-ring (bicyclic) bond motifs is 1. The van der Waals surface area contributed by atoms with E-state index in [1.165, 1.54) is 0 Å². The molecule has 2 N–H and O–H groups in total. The quantitative estimate of drug-likeness (QED) is 0.857. The van der Waals surface area contributed by atoms with E-state index in [4.69, 9.17) is 4.74 Å². The van der Waals surface area contributed by atoms with Crippen LogP contribution in [-0.4, -0.2) is 42.2 Å². The summed E-state index contributed by atoms with van der Waals surface area (Å²) in [5, 5.41) is 3.82. The van der Waals surface area contributed by atoms with Gasteiger partial charge in [-0.1, -0.05) is 18.2 Å². The Labute approximate surface area is 135 Å². The Kier molecular flexibility index (Phi) is 5.76. The van der Waals surface area contributed by atoms with E-state index < -0.39 is 0 Å². The largest absolute Gasteiger partial charge is 0.383 e. The molecule has 0 unspecified atom stereocenters. The number of aromatic nitrogens is 1. The van der Waals surface area contributed by atoms with Crippen LogP contribution in [0.5, 0.6) is 0 Å². The molecule has 2 aromatic rings. The molecule has 0 aliphatic rings. The number of aromatic amines is 1. The van der Waals surface area contributed by atoms with Gasteiger partial charge in [-0.2, -0.15) is 0 Å². The molecule has 2 rings (SSSR count). The number of nitrogens with zero attached hydrogens (tertiary/aromatic N) is 1. The zero-order chi connectivity index (χ0) is 16.8. The van der Waals surface area contributed by atoms with Crippen LogP contribution in [0.1, 0.15) is 19.4 Å². The standard InChI is InChI=1S/C17H23N3O3/c1-12(2)18-17(22)20(8-9-23-3)11-13-10-16(21)19-15-7-5-4-6-14(13)15/h4-7,10,12H,8-9,11H2,1-3H3,(H,18,22)(H,19,21). The predicted octanol–water partition coefficient (Wildman–Crippen LogP) is 2.09. The van der Waals surface area contributed by atoms with Crippen LogP contribution >= 0.6 is 0 Å². The topological polar surface area (TPSA) is 74.4 Å². The van der Waals surface area contributed by atoms with Crippen molar-refractivity contribution >= 4 is 16.9 Å². The van der Waals surface area contributed by atoms with Crippen LogP contribution in [0, 0.1) is 0 Å². The highest BCUT2D eigenvalue weighted by molar-refractivity contribution is 5.82. The first-order valence-corrected chi connectivity index (χ1v) is 7.66. The summed E-state index contributed by atoms with van der Waals surface area (Å²) in [5.74, 6) is 0. The number of pyridine rings is 1. The number of carbonyl (C=O) groups excluding carboxylic acids is 1. The lowest BCUT2D eigenvalue weighted by Crippen LogP contribution is -2.44. The Morgan fingerprint density at radius 1 is 1.35 bits per heavy atom. The highest BCUT2D eigenvalue weighted by Crippen LogP contribution is 2.16. The van der Waals surface area contributed by atoms with Gasteiger partial charge in [-0.15, -0.1) is 0 Å². The van der Waals surface area contributed by atoms with Gasteiger partial charge in [0.2, 0.25) is 5.56 Å². The zero-order valence-electron chi connectivity index (χ0n) is 13.8. The monoisotopic (exact) mass is 317 g/mol. The summed E-state index contributed by atoms with van der Waals surface area (Å²) in [5.41, 5.74) is 1.42. The zero-order valence-corrected chi connectivity index (χ0v) is 13.8. The van der Waals surface area contributed by atoms with Crippen molar-refractivity contribution in [2.45, 2.75) is 26.4 Å². The van der Waals surface area contributed by atoms with Crippen LogP contribution in [-0.2, 0) is 11.3 Å². The molecule has 0 atom stereocenters. The summed E-state index contributed by atoms with van der Waals surface area (Å²) in [6.45, 7) is 5.07. The first-order chi connectivity index (χ1) is 11.0. The van der Waals surface area contributed by atoms with Crippen molar-refractivity contribution in [1.82, 2.24) is 15.2 Å². The number of hydrogen-bond donors (Lipinski definition) is 2. The molecule has 0 saturated carbocycles.